The maximum absolute atomic E-state index is 2.57. The maximum atomic E-state index is 2.57. The van der Waals surface area contributed by atoms with Crippen molar-refractivity contribution in [3.63, 3.8) is 0 Å². The number of benzene rings is 1. The molecule has 0 unspecified atom stereocenters. The molecule has 1 aromatic rings. The summed E-state index contributed by atoms with van der Waals surface area (Å²) in [7, 11) is 0. The van der Waals surface area contributed by atoms with Crippen LogP contribution in [0.3, 0.4) is 0 Å². The molecule has 1 aliphatic heterocycles. The Labute approximate surface area is 125 Å². The SMILES string of the molecule is CCCCCC1CCN(c2ccc(C(C)C)cc2)CC1. The van der Waals surface area contributed by atoms with Gasteiger partial charge >= 0.3 is 0 Å². The summed E-state index contributed by atoms with van der Waals surface area (Å²) in [6, 6.07) is 9.22. The molecule has 2 rings (SSSR count). The zero-order valence-corrected chi connectivity index (χ0v) is 13.6. The Morgan fingerprint density at radius 1 is 1.05 bits per heavy atom. The van der Waals surface area contributed by atoms with Gasteiger partial charge in [-0.2, -0.15) is 0 Å². The zero-order chi connectivity index (χ0) is 14.4. The Hall–Kier alpha value is -0.980. The molecule has 0 saturated carbocycles. The van der Waals surface area contributed by atoms with E-state index in [9.17, 15) is 0 Å². The van der Waals surface area contributed by atoms with Gasteiger partial charge in [-0.05, 0) is 42.4 Å². The fourth-order valence-corrected chi connectivity index (χ4v) is 3.23. The van der Waals surface area contributed by atoms with Gasteiger partial charge in [0.05, 0.1) is 0 Å². The molecular formula is C19H31N. The number of unbranched alkanes of at least 4 members (excludes halogenated alkanes) is 2. The number of hydrogen-bond acceptors (Lipinski definition) is 1. The molecule has 112 valence electrons. The van der Waals surface area contributed by atoms with Crippen molar-refractivity contribution in [2.45, 2.75) is 65.2 Å². The molecule has 20 heavy (non-hydrogen) atoms. The molecule has 0 spiro atoms. The molecule has 1 heterocycles. The average Bonchev–Trinajstić information content (AvgIpc) is 2.48. The third-order valence-corrected chi connectivity index (χ3v) is 4.76. The molecule has 0 amide bonds. The lowest BCUT2D eigenvalue weighted by Gasteiger charge is -2.34. The lowest BCUT2D eigenvalue weighted by Crippen LogP contribution is -2.33. The van der Waals surface area contributed by atoms with E-state index in [0.29, 0.717) is 5.92 Å². The molecule has 0 aliphatic carbocycles. The third kappa shape index (κ3) is 4.26. The molecule has 0 radical (unpaired) electrons. The van der Waals surface area contributed by atoms with Crippen molar-refractivity contribution in [3.8, 4) is 0 Å². The lowest BCUT2D eigenvalue weighted by atomic mass is 9.91. The van der Waals surface area contributed by atoms with Gasteiger partial charge in [0.1, 0.15) is 0 Å². The van der Waals surface area contributed by atoms with Crippen LogP contribution >= 0.6 is 0 Å². The minimum Gasteiger partial charge on any atom is -0.372 e. The van der Waals surface area contributed by atoms with Gasteiger partial charge in [-0.1, -0.05) is 58.6 Å². The minimum atomic E-state index is 0.633. The van der Waals surface area contributed by atoms with E-state index in [4.69, 9.17) is 0 Å². The Kier molecular flexibility index (Phi) is 5.94. The van der Waals surface area contributed by atoms with Gasteiger partial charge in [-0.15, -0.1) is 0 Å². The summed E-state index contributed by atoms with van der Waals surface area (Å²) in [5, 5.41) is 0. The highest BCUT2D eigenvalue weighted by Crippen LogP contribution is 2.27. The molecule has 1 aromatic carbocycles. The van der Waals surface area contributed by atoms with E-state index in [0.717, 1.165) is 5.92 Å². The fraction of sp³-hybridized carbons (Fsp3) is 0.684. The second-order valence-electron chi connectivity index (χ2n) is 6.67. The number of hydrogen-bond donors (Lipinski definition) is 0. The van der Waals surface area contributed by atoms with Crippen molar-refractivity contribution in [3.05, 3.63) is 29.8 Å². The van der Waals surface area contributed by atoms with Crippen LogP contribution in [0.25, 0.3) is 0 Å². The number of rotatable bonds is 6. The molecule has 1 heteroatoms. The van der Waals surface area contributed by atoms with E-state index >= 15 is 0 Å². The topological polar surface area (TPSA) is 3.24 Å². The molecule has 1 fully saturated rings. The summed E-state index contributed by atoms with van der Waals surface area (Å²) in [5.74, 6) is 1.61. The van der Waals surface area contributed by atoms with Crippen LogP contribution in [-0.2, 0) is 0 Å². The minimum absolute atomic E-state index is 0.633. The Morgan fingerprint density at radius 2 is 1.70 bits per heavy atom. The van der Waals surface area contributed by atoms with Gasteiger partial charge in [0, 0.05) is 18.8 Å². The van der Waals surface area contributed by atoms with Crippen molar-refractivity contribution in [1.82, 2.24) is 0 Å². The number of nitrogens with zero attached hydrogens (tertiary/aromatic N) is 1. The van der Waals surface area contributed by atoms with E-state index in [1.54, 1.807) is 0 Å². The summed E-state index contributed by atoms with van der Waals surface area (Å²) in [4.78, 5) is 2.57. The predicted octanol–water partition coefficient (Wildman–Crippen LogP) is 5.61. The normalized spacial score (nSPS) is 16.9. The maximum Gasteiger partial charge on any atom is 0.0366 e. The predicted molar refractivity (Wildman–Crippen MR) is 89.6 cm³/mol. The number of anilines is 1. The molecule has 0 atom stereocenters. The van der Waals surface area contributed by atoms with E-state index in [1.807, 2.05) is 0 Å². The van der Waals surface area contributed by atoms with Crippen molar-refractivity contribution >= 4 is 5.69 Å². The largest absolute Gasteiger partial charge is 0.372 e. The summed E-state index contributed by atoms with van der Waals surface area (Å²) in [6.45, 7) is 9.31. The second kappa shape index (κ2) is 7.71. The first-order chi connectivity index (χ1) is 9.70. The highest BCUT2D eigenvalue weighted by atomic mass is 15.1. The molecule has 0 aromatic heterocycles. The van der Waals surface area contributed by atoms with Gasteiger partial charge in [0.2, 0.25) is 0 Å². The van der Waals surface area contributed by atoms with Crippen molar-refractivity contribution in [2.75, 3.05) is 18.0 Å². The molecular weight excluding hydrogens is 242 g/mol. The summed E-state index contributed by atoms with van der Waals surface area (Å²) in [5.41, 5.74) is 2.87. The Morgan fingerprint density at radius 3 is 2.25 bits per heavy atom. The van der Waals surface area contributed by atoms with Crippen LogP contribution in [0, 0.1) is 5.92 Å². The van der Waals surface area contributed by atoms with Crippen LogP contribution in [0.15, 0.2) is 24.3 Å². The number of piperidine rings is 1. The summed E-state index contributed by atoms with van der Waals surface area (Å²) >= 11 is 0. The van der Waals surface area contributed by atoms with Crippen LogP contribution in [0.4, 0.5) is 5.69 Å². The van der Waals surface area contributed by atoms with E-state index in [2.05, 4.69) is 49.9 Å². The molecule has 1 aliphatic rings. The van der Waals surface area contributed by atoms with Crippen LogP contribution in [0.5, 0.6) is 0 Å². The summed E-state index contributed by atoms with van der Waals surface area (Å²) in [6.07, 6.45) is 8.42. The van der Waals surface area contributed by atoms with E-state index in [-0.39, 0.29) is 0 Å². The monoisotopic (exact) mass is 273 g/mol. The molecule has 0 N–H and O–H groups in total. The molecule has 0 bridgehead atoms. The first-order valence-corrected chi connectivity index (χ1v) is 8.55. The second-order valence-corrected chi connectivity index (χ2v) is 6.67. The van der Waals surface area contributed by atoms with Crippen molar-refractivity contribution < 1.29 is 0 Å². The van der Waals surface area contributed by atoms with Crippen LogP contribution in [0.2, 0.25) is 0 Å². The smallest absolute Gasteiger partial charge is 0.0366 e. The average molecular weight is 273 g/mol. The molecule has 1 nitrogen and oxygen atoms in total. The van der Waals surface area contributed by atoms with Gasteiger partial charge in [0.15, 0.2) is 0 Å². The third-order valence-electron chi connectivity index (χ3n) is 4.76. The van der Waals surface area contributed by atoms with Crippen LogP contribution in [0.1, 0.15) is 70.8 Å². The van der Waals surface area contributed by atoms with Gasteiger partial charge in [0.25, 0.3) is 0 Å². The Balaban J connectivity index is 1.81. The van der Waals surface area contributed by atoms with E-state index in [1.165, 1.54) is 62.9 Å². The molecule has 1 saturated heterocycles. The Bertz CT molecular complexity index is 371. The highest BCUT2D eigenvalue weighted by Gasteiger charge is 2.18. The lowest BCUT2D eigenvalue weighted by molar-refractivity contribution is 0.368. The highest BCUT2D eigenvalue weighted by molar-refractivity contribution is 5.48. The quantitative estimate of drug-likeness (QED) is 0.609. The first-order valence-electron chi connectivity index (χ1n) is 8.55. The van der Waals surface area contributed by atoms with E-state index < -0.39 is 0 Å². The first kappa shape index (κ1) is 15.4. The van der Waals surface area contributed by atoms with Crippen molar-refractivity contribution in [1.29, 1.82) is 0 Å². The van der Waals surface area contributed by atoms with Gasteiger partial charge in [-0.25, -0.2) is 0 Å². The standard InChI is InChI=1S/C19H31N/c1-4-5-6-7-17-12-14-20(15-13-17)19-10-8-18(9-11-19)16(2)3/h8-11,16-17H,4-7,12-15H2,1-3H3. The summed E-state index contributed by atoms with van der Waals surface area (Å²) < 4.78 is 0. The van der Waals surface area contributed by atoms with Gasteiger partial charge in [-0.3, -0.25) is 0 Å². The fourth-order valence-electron chi connectivity index (χ4n) is 3.23. The van der Waals surface area contributed by atoms with Crippen LogP contribution in [-0.4, -0.2) is 13.1 Å². The van der Waals surface area contributed by atoms with Gasteiger partial charge < -0.3 is 4.90 Å². The van der Waals surface area contributed by atoms with Crippen LogP contribution < -0.4 is 4.90 Å². The zero-order valence-electron chi connectivity index (χ0n) is 13.6. The van der Waals surface area contributed by atoms with Crippen molar-refractivity contribution in [2.24, 2.45) is 5.92 Å².